The Morgan fingerprint density at radius 1 is 1.08 bits per heavy atom. The molecule has 1 amide bonds. The molecule has 4 rings (SSSR count). The van der Waals surface area contributed by atoms with Gasteiger partial charge < -0.3 is 4.90 Å². The van der Waals surface area contributed by atoms with Crippen LogP contribution in [0.3, 0.4) is 0 Å². The highest BCUT2D eigenvalue weighted by Gasteiger charge is 2.51. The second-order valence-electron chi connectivity index (χ2n) is 6.78. The molecular weight excluding hydrogens is 322 g/mol. The second-order valence-corrected chi connectivity index (χ2v) is 8.77. The van der Waals surface area contributed by atoms with Crippen LogP contribution in [0.25, 0.3) is 0 Å². The number of benzene rings is 2. The predicted octanol–water partition coefficient (Wildman–Crippen LogP) is 2.71. The van der Waals surface area contributed by atoms with E-state index in [0.717, 1.165) is 29.7 Å². The van der Waals surface area contributed by atoms with Gasteiger partial charge in [-0.25, -0.2) is 8.42 Å². The molecule has 1 unspecified atom stereocenters. The lowest BCUT2D eigenvalue weighted by atomic mass is 9.85. The minimum Gasteiger partial charge on any atom is -0.311 e. The zero-order valence-electron chi connectivity index (χ0n) is 13.5. The lowest BCUT2D eigenvalue weighted by Gasteiger charge is -2.26. The fourth-order valence-electron chi connectivity index (χ4n) is 3.94. The van der Waals surface area contributed by atoms with Crippen LogP contribution in [0.4, 0.5) is 5.69 Å². The van der Waals surface area contributed by atoms with E-state index in [1.807, 2.05) is 18.2 Å². The molecule has 0 saturated heterocycles. The summed E-state index contributed by atoms with van der Waals surface area (Å²) in [5.41, 5.74) is 1.92. The molecule has 4 nitrogen and oxygen atoms in total. The van der Waals surface area contributed by atoms with Gasteiger partial charge in [-0.2, -0.15) is 0 Å². The molecule has 2 aliphatic rings. The Morgan fingerprint density at radius 2 is 1.83 bits per heavy atom. The van der Waals surface area contributed by atoms with Gasteiger partial charge in [0.25, 0.3) is 0 Å². The van der Waals surface area contributed by atoms with Crippen LogP contribution < -0.4 is 4.90 Å². The zero-order valence-corrected chi connectivity index (χ0v) is 14.3. The molecular formula is C19H19NO3S. The molecule has 2 aliphatic heterocycles. The van der Waals surface area contributed by atoms with Crippen molar-refractivity contribution in [3.8, 4) is 0 Å². The topological polar surface area (TPSA) is 54.5 Å². The summed E-state index contributed by atoms with van der Waals surface area (Å²) in [6, 6.07) is 14.3. The van der Waals surface area contributed by atoms with Crippen LogP contribution in [0.1, 0.15) is 24.5 Å². The normalized spacial score (nSPS) is 22.5. The SMILES string of the molecule is CC1(CS(=O)(=O)c2ccccc2)C(=O)N2CCCc3cccc1c32. The number of anilines is 1. The summed E-state index contributed by atoms with van der Waals surface area (Å²) >= 11 is 0. The summed E-state index contributed by atoms with van der Waals surface area (Å²) in [4.78, 5) is 15.1. The lowest BCUT2D eigenvalue weighted by Crippen LogP contribution is -2.43. The molecule has 0 aromatic heterocycles. The Morgan fingerprint density at radius 3 is 2.58 bits per heavy atom. The summed E-state index contributed by atoms with van der Waals surface area (Å²) < 4.78 is 25.7. The highest BCUT2D eigenvalue weighted by Crippen LogP contribution is 2.47. The summed E-state index contributed by atoms with van der Waals surface area (Å²) in [6.45, 7) is 2.44. The third-order valence-corrected chi connectivity index (χ3v) is 7.06. The molecule has 2 heterocycles. The van der Waals surface area contributed by atoms with Gasteiger partial charge in [0.15, 0.2) is 9.84 Å². The van der Waals surface area contributed by atoms with Crippen molar-refractivity contribution in [2.75, 3.05) is 17.2 Å². The van der Waals surface area contributed by atoms with Gasteiger partial charge >= 0.3 is 0 Å². The summed E-state index contributed by atoms with van der Waals surface area (Å²) in [5.74, 6) is -0.292. The number of hydrogen-bond acceptors (Lipinski definition) is 3. The number of amides is 1. The molecule has 2 aromatic rings. The van der Waals surface area contributed by atoms with E-state index in [9.17, 15) is 13.2 Å². The van der Waals surface area contributed by atoms with E-state index >= 15 is 0 Å². The fourth-order valence-corrected chi connectivity index (χ4v) is 5.72. The Labute approximate surface area is 142 Å². The summed E-state index contributed by atoms with van der Waals surface area (Å²) in [7, 11) is -3.55. The number of carbonyl (C=O) groups is 1. The number of nitrogens with zero attached hydrogens (tertiary/aromatic N) is 1. The van der Waals surface area contributed by atoms with Crippen molar-refractivity contribution in [3.05, 3.63) is 59.7 Å². The largest absolute Gasteiger partial charge is 0.311 e. The molecule has 0 saturated carbocycles. The van der Waals surface area contributed by atoms with Crippen LogP contribution in [-0.4, -0.2) is 26.6 Å². The monoisotopic (exact) mass is 341 g/mol. The third-order valence-electron chi connectivity index (χ3n) is 5.11. The Bertz CT molecular complexity index is 921. The van der Waals surface area contributed by atoms with Crippen LogP contribution >= 0.6 is 0 Å². The van der Waals surface area contributed by atoms with Crippen LogP contribution in [0.15, 0.2) is 53.4 Å². The first-order valence-corrected chi connectivity index (χ1v) is 9.81. The molecule has 5 heteroatoms. The summed E-state index contributed by atoms with van der Waals surface area (Å²) in [6.07, 6.45) is 1.86. The number of carbonyl (C=O) groups excluding carboxylic acids is 1. The van der Waals surface area contributed by atoms with Crippen molar-refractivity contribution in [1.82, 2.24) is 0 Å². The van der Waals surface area contributed by atoms with Gasteiger partial charge in [-0.1, -0.05) is 36.4 Å². The van der Waals surface area contributed by atoms with Crippen molar-refractivity contribution in [2.45, 2.75) is 30.1 Å². The molecule has 0 aliphatic carbocycles. The van der Waals surface area contributed by atoms with Crippen molar-refractivity contribution in [3.63, 3.8) is 0 Å². The van der Waals surface area contributed by atoms with Crippen LogP contribution in [0, 0.1) is 0 Å². The van der Waals surface area contributed by atoms with Crippen molar-refractivity contribution in [2.24, 2.45) is 0 Å². The number of hydrogen-bond donors (Lipinski definition) is 0. The minimum atomic E-state index is -3.55. The standard InChI is InChI=1S/C19H19NO3S/c1-19(13-24(22,23)15-9-3-2-4-10-15)16-11-5-7-14-8-6-12-20(17(14)16)18(19)21/h2-5,7,9-11H,6,8,12-13H2,1H3. The number of aryl methyl sites for hydroxylation is 1. The van der Waals surface area contributed by atoms with E-state index < -0.39 is 15.3 Å². The molecule has 2 aromatic carbocycles. The Kier molecular flexibility index (Phi) is 3.32. The maximum absolute atomic E-state index is 13.1. The number of sulfone groups is 1. The summed E-state index contributed by atoms with van der Waals surface area (Å²) in [5, 5.41) is 0. The zero-order chi connectivity index (χ0) is 16.9. The maximum atomic E-state index is 13.1. The molecule has 24 heavy (non-hydrogen) atoms. The first kappa shape index (κ1) is 15.4. The highest BCUT2D eigenvalue weighted by atomic mass is 32.2. The number of para-hydroxylation sites is 1. The maximum Gasteiger partial charge on any atom is 0.238 e. The van der Waals surface area contributed by atoms with E-state index in [0.29, 0.717) is 6.54 Å². The lowest BCUT2D eigenvalue weighted by molar-refractivity contribution is -0.122. The molecule has 1 atom stereocenters. The van der Waals surface area contributed by atoms with E-state index in [4.69, 9.17) is 0 Å². The van der Waals surface area contributed by atoms with Crippen molar-refractivity contribution >= 4 is 21.4 Å². The fraction of sp³-hybridized carbons (Fsp3) is 0.316. The van der Waals surface area contributed by atoms with Crippen LogP contribution in [0.2, 0.25) is 0 Å². The number of rotatable bonds is 3. The van der Waals surface area contributed by atoms with Crippen LogP contribution in [0.5, 0.6) is 0 Å². The van der Waals surface area contributed by atoms with Crippen molar-refractivity contribution < 1.29 is 13.2 Å². The molecule has 0 N–H and O–H groups in total. The van der Waals surface area contributed by atoms with E-state index in [1.54, 1.807) is 42.2 Å². The van der Waals surface area contributed by atoms with Gasteiger partial charge in [-0.3, -0.25) is 4.79 Å². The average Bonchev–Trinajstić information content (AvgIpc) is 2.80. The van der Waals surface area contributed by atoms with Gasteiger partial charge in [0.05, 0.1) is 21.8 Å². The molecule has 0 bridgehead atoms. The third kappa shape index (κ3) is 2.11. The van der Waals surface area contributed by atoms with Crippen molar-refractivity contribution in [1.29, 1.82) is 0 Å². The quantitative estimate of drug-likeness (QED) is 0.862. The minimum absolute atomic E-state index is 0.0934. The van der Waals surface area contributed by atoms with Gasteiger partial charge in [0.1, 0.15) is 0 Å². The van der Waals surface area contributed by atoms with Gasteiger partial charge in [-0.15, -0.1) is 0 Å². The highest BCUT2D eigenvalue weighted by molar-refractivity contribution is 7.91. The van der Waals surface area contributed by atoms with Gasteiger partial charge in [0.2, 0.25) is 5.91 Å². The van der Waals surface area contributed by atoms with E-state index in [2.05, 4.69) is 0 Å². The second kappa shape index (κ2) is 5.18. The Balaban J connectivity index is 1.82. The molecule has 0 radical (unpaired) electrons. The van der Waals surface area contributed by atoms with Gasteiger partial charge in [-0.05, 0) is 43.0 Å². The average molecular weight is 341 g/mol. The first-order chi connectivity index (χ1) is 11.4. The van der Waals surface area contributed by atoms with E-state index in [1.165, 1.54) is 0 Å². The molecule has 124 valence electrons. The first-order valence-electron chi connectivity index (χ1n) is 8.16. The predicted molar refractivity (Wildman–Crippen MR) is 93.0 cm³/mol. The van der Waals surface area contributed by atoms with Gasteiger partial charge in [0, 0.05) is 6.54 Å². The van der Waals surface area contributed by atoms with Crippen LogP contribution in [-0.2, 0) is 26.5 Å². The molecule has 0 fully saturated rings. The smallest absolute Gasteiger partial charge is 0.238 e. The van der Waals surface area contributed by atoms with E-state index in [-0.39, 0.29) is 16.6 Å². The molecule has 0 spiro atoms. The Hall–Kier alpha value is -2.14.